The SMILES string of the molecule is CCC(C)CN(CC)S(=O)(=O)c1cc(C)c(F)c(CN)c1. The molecular weight excluding hydrogens is 291 g/mol. The lowest BCUT2D eigenvalue weighted by Crippen LogP contribution is -2.34. The van der Waals surface area contributed by atoms with Crippen molar-refractivity contribution in [1.82, 2.24) is 4.31 Å². The van der Waals surface area contributed by atoms with Gasteiger partial charge in [0, 0.05) is 25.2 Å². The van der Waals surface area contributed by atoms with Crippen LogP contribution in [0.3, 0.4) is 0 Å². The molecule has 0 saturated carbocycles. The molecule has 0 heterocycles. The zero-order chi connectivity index (χ0) is 16.2. The summed E-state index contributed by atoms with van der Waals surface area (Å²) in [5.74, 6) is -0.156. The molecule has 0 aliphatic rings. The van der Waals surface area contributed by atoms with E-state index in [1.165, 1.54) is 16.4 Å². The van der Waals surface area contributed by atoms with Crippen molar-refractivity contribution in [2.24, 2.45) is 11.7 Å². The third-order valence-corrected chi connectivity index (χ3v) is 5.64. The first-order valence-corrected chi connectivity index (χ1v) is 8.71. The van der Waals surface area contributed by atoms with Gasteiger partial charge in [-0.1, -0.05) is 27.2 Å². The molecule has 1 unspecified atom stereocenters. The Morgan fingerprint density at radius 1 is 1.33 bits per heavy atom. The van der Waals surface area contributed by atoms with Gasteiger partial charge < -0.3 is 5.73 Å². The third-order valence-electron chi connectivity index (χ3n) is 3.73. The van der Waals surface area contributed by atoms with E-state index in [1.807, 2.05) is 13.8 Å². The van der Waals surface area contributed by atoms with Crippen molar-refractivity contribution in [2.75, 3.05) is 13.1 Å². The Labute approximate surface area is 127 Å². The summed E-state index contributed by atoms with van der Waals surface area (Å²) in [4.78, 5) is 0.118. The van der Waals surface area contributed by atoms with Crippen LogP contribution in [0.15, 0.2) is 17.0 Å². The van der Waals surface area contributed by atoms with Gasteiger partial charge in [0.15, 0.2) is 0 Å². The number of sulfonamides is 1. The Bertz CT molecular complexity index is 588. The van der Waals surface area contributed by atoms with Gasteiger partial charge in [-0.2, -0.15) is 4.31 Å². The molecule has 0 fully saturated rings. The van der Waals surface area contributed by atoms with E-state index >= 15 is 0 Å². The Balaban J connectivity index is 3.26. The Kier molecular flexibility index (Phi) is 6.31. The number of halogens is 1. The third kappa shape index (κ3) is 4.02. The predicted molar refractivity (Wildman–Crippen MR) is 82.9 cm³/mol. The number of hydrogen-bond acceptors (Lipinski definition) is 3. The van der Waals surface area contributed by atoms with Crippen LogP contribution >= 0.6 is 0 Å². The normalized spacial score (nSPS) is 13.7. The average molecular weight is 316 g/mol. The van der Waals surface area contributed by atoms with Crippen molar-refractivity contribution < 1.29 is 12.8 Å². The van der Waals surface area contributed by atoms with Gasteiger partial charge in [0.2, 0.25) is 10.0 Å². The number of benzene rings is 1. The molecule has 1 atom stereocenters. The molecule has 0 amide bonds. The molecule has 0 aliphatic heterocycles. The van der Waals surface area contributed by atoms with Crippen LogP contribution in [0.25, 0.3) is 0 Å². The topological polar surface area (TPSA) is 63.4 Å². The fraction of sp³-hybridized carbons (Fsp3) is 0.600. The molecule has 4 nitrogen and oxygen atoms in total. The summed E-state index contributed by atoms with van der Waals surface area (Å²) in [6.07, 6.45) is 0.905. The highest BCUT2D eigenvalue weighted by atomic mass is 32.2. The Hall–Kier alpha value is -0.980. The minimum Gasteiger partial charge on any atom is -0.326 e. The standard InChI is InChI=1S/C15H25FN2O2S/c1-5-11(3)10-18(6-2)21(19,20)14-7-12(4)15(16)13(8-14)9-17/h7-8,11H,5-6,9-10,17H2,1-4H3. The molecule has 2 N–H and O–H groups in total. The van der Waals surface area contributed by atoms with E-state index in [1.54, 1.807) is 13.8 Å². The lowest BCUT2D eigenvalue weighted by atomic mass is 10.1. The molecule has 21 heavy (non-hydrogen) atoms. The molecule has 0 radical (unpaired) electrons. The zero-order valence-corrected chi connectivity index (χ0v) is 14.0. The van der Waals surface area contributed by atoms with Gasteiger partial charge in [0.25, 0.3) is 0 Å². The molecule has 1 rings (SSSR count). The predicted octanol–water partition coefficient (Wildman–Crippen LogP) is 2.65. The maximum absolute atomic E-state index is 13.8. The van der Waals surface area contributed by atoms with Gasteiger partial charge in [-0.25, -0.2) is 12.8 Å². The average Bonchev–Trinajstić information content (AvgIpc) is 2.46. The van der Waals surface area contributed by atoms with Gasteiger partial charge in [0.1, 0.15) is 5.82 Å². The molecular formula is C15H25FN2O2S. The number of hydrogen-bond donors (Lipinski definition) is 1. The quantitative estimate of drug-likeness (QED) is 0.841. The van der Waals surface area contributed by atoms with Gasteiger partial charge in [-0.05, 0) is 30.5 Å². The minimum absolute atomic E-state index is 0.0203. The smallest absolute Gasteiger partial charge is 0.243 e. The van der Waals surface area contributed by atoms with Crippen molar-refractivity contribution >= 4 is 10.0 Å². The maximum Gasteiger partial charge on any atom is 0.243 e. The van der Waals surface area contributed by atoms with Crippen molar-refractivity contribution in [3.8, 4) is 0 Å². The van der Waals surface area contributed by atoms with E-state index < -0.39 is 15.8 Å². The van der Waals surface area contributed by atoms with E-state index in [0.29, 0.717) is 18.7 Å². The summed E-state index contributed by atoms with van der Waals surface area (Å²) in [5, 5.41) is 0. The van der Waals surface area contributed by atoms with Crippen LogP contribution in [-0.2, 0) is 16.6 Å². The summed E-state index contributed by atoms with van der Waals surface area (Å²) in [6.45, 7) is 8.23. The maximum atomic E-state index is 13.8. The van der Waals surface area contributed by atoms with Crippen LogP contribution in [0.2, 0.25) is 0 Å². The first-order valence-electron chi connectivity index (χ1n) is 7.27. The van der Waals surface area contributed by atoms with Crippen molar-refractivity contribution in [2.45, 2.75) is 45.6 Å². The number of rotatable bonds is 7. The van der Waals surface area contributed by atoms with Crippen molar-refractivity contribution in [3.05, 3.63) is 29.1 Å². The van der Waals surface area contributed by atoms with E-state index in [4.69, 9.17) is 5.73 Å². The second-order valence-corrected chi connectivity index (χ2v) is 7.32. The highest BCUT2D eigenvalue weighted by molar-refractivity contribution is 7.89. The van der Waals surface area contributed by atoms with Gasteiger partial charge >= 0.3 is 0 Å². The highest BCUT2D eigenvalue weighted by Crippen LogP contribution is 2.23. The lowest BCUT2D eigenvalue weighted by Gasteiger charge is -2.24. The molecule has 0 bridgehead atoms. The number of aryl methyl sites for hydroxylation is 1. The van der Waals surface area contributed by atoms with E-state index in [0.717, 1.165) is 6.42 Å². The van der Waals surface area contributed by atoms with Crippen LogP contribution in [0.5, 0.6) is 0 Å². The molecule has 120 valence electrons. The number of nitrogens with two attached hydrogens (primary N) is 1. The first-order chi connectivity index (χ1) is 9.77. The first kappa shape index (κ1) is 18.1. The molecule has 1 aromatic rings. The monoisotopic (exact) mass is 316 g/mol. The zero-order valence-electron chi connectivity index (χ0n) is 13.2. The lowest BCUT2D eigenvalue weighted by molar-refractivity contribution is 0.361. The summed E-state index contributed by atoms with van der Waals surface area (Å²) in [7, 11) is -3.62. The van der Waals surface area contributed by atoms with E-state index in [9.17, 15) is 12.8 Å². The van der Waals surface area contributed by atoms with E-state index in [2.05, 4.69) is 0 Å². The molecule has 0 aromatic heterocycles. The molecule has 1 aromatic carbocycles. The fourth-order valence-electron chi connectivity index (χ4n) is 2.13. The Morgan fingerprint density at radius 3 is 2.43 bits per heavy atom. The van der Waals surface area contributed by atoms with Crippen LogP contribution < -0.4 is 5.73 Å². The fourth-order valence-corrected chi connectivity index (χ4v) is 3.83. The molecule has 0 spiro atoms. The Morgan fingerprint density at radius 2 is 1.95 bits per heavy atom. The second kappa shape index (κ2) is 7.33. The van der Waals surface area contributed by atoms with Gasteiger partial charge in [-0.3, -0.25) is 0 Å². The number of nitrogens with zero attached hydrogens (tertiary/aromatic N) is 1. The molecule has 0 saturated heterocycles. The van der Waals surface area contributed by atoms with Gasteiger partial charge in [-0.15, -0.1) is 0 Å². The largest absolute Gasteiger partial charge is 0.326 e. The van der Waals surface area contributed by atoms with Crippen molar-refractivity contribution in [1.29, 1.82) is 0 Å². The summed E-state index contributed by atoms with van der Waals surface area (Å²) in [5.41, 5.74) is 6.03. The molecule has 0 aliphatic carbocycles. The van der Waals surface area contributed by atoms with Crippen molar-refractivity contribution in [3.63, 3.8) is 0 Å². The second-order valence-electron chi connectivity index (χ2n) is 5.39. The molecule has 6 heteroatoms. The summed E-state index contributed by atoms with van der Waals surface area (Å²) >= 11 is 0. The van der Waals surface area contributed by atoms with Crippen LogP contribution in [0.1, 0.15) is 38.3 Å². The van der Waals surface area contributed by atoms with E-state index in [-0.39, 0.29) is 22.9 Å². The van der Waals surface area contributed by atoms with Crippen LogP contribution in [0, 0.1) is 18.7 Å². The van der Waals surface area contributed by atoms with Crippen LogP contribution in [-0.4, -0.2) is 25.8 Å². The summed E-state index contributed by atoms with van der Waals surface area (Å²) < 4.78 is 40.7. The van der Waals surface area contributed by atoms with Crippen LogP contribution in [0.4, 0.5) is 4.39 Å². The minimum atomic E-state index is -3.62. The highest BCUT2D eigenvalue weighted by Gasteiger charge is 2.25. The summed E-state index contributed by atoms with van der Waals surface area (Å²) in [6, 6.07) is 2.72. The van der Waals surface area contributed by atoms with Gasteiger partial charge in [0.05, 0.1) is 4.90 Å².